The standard InChI is InChI=1S/C11H16F8O3S.K/c1-2-3-4-5-6-7-8(12,13)9(14,15)10(16,17)11(18,19)23(20,21)22;/h2-7H2,1H3,(H,20,21,22);/q;+1/p-1. The monoisotopic (exact) mass is 418 g/mol. The molecule has 0 amide bonds. The quantitative estimate of drug-likeness (QED) is 0.233. The number of alkyl halides is 8. The summed E-state index contributed by atoms with van der Waals surface area (Å²) in [4.78, 5) is 0. The number of hydrogen-bond acceptors (Lipinski definition) is 3. The normalized spacial score (nSPS) is 14.4. The molecule has 24 heavy (non-hydrogen) atoms. The third kappa shape index (κ3) is 5.49. The topological polar surface area (TPSA) is 57.2 Å². The summed E-state index contributed by atoms with van der Waals surface area (Å²) in [5.41, 5.74) is 0. The van der Waals surface area contributed by atoms with Crippen LogP contribution in [0.3, 0.4) is 0 Å². The number of unbranched alkanes of at least 4 members (excludes halogenated alkanes) is 4. The fourth-order valence-corrected chi connectivity index (χ4v) is 2.12. The summed E-state index contributed by atoms with van der Waals surface area (Å²) in [5.74, 6) is -19.4. The van der Waals surface area contributed by atoms with E-state index in [0.717, 1.165) is 0 Å². The molecular formula is C11H15F8KO3S. The zero-order chi connectivity index (χ0) is 18.7. The van der Waals surface area contributed by atoms with Crippen LogP contribution in [0.5, 0.6) is 0 Å². The molecule has 0 saturated heterocycles. The predicted octanol–water partition coefficient (Wildman–Crippen LogP) is 1.39. The van der Waals surface area contributed by atoms with Crippen LogP contribution in [0.1, 0.15) is 45.4 Å². The van der Waals surface area contributed by atoms with Crippen molar-refractivity contribution >= 4 is 10.1 Å². The van der Waals surface area contributed by atoms with Crippen molar-refractivity contribution in [2.75, 3.05) is 0 Å². The van der Waals surface area contributed by atoms with E-state index in [1.54, 1.807) is 6.92 Å². The Balaban J connectivity index is 0. The Morgan fingerprint density at radius 2 is 1.21 bits per heavy atom. The van der Waals surface area contributed by atoms with Gasteiger partial charge in [0, 0.05) is 6.42 Å². The van der Waals surface area contributed by atoms with Gasteiger partial charge in [0.2, 0.25) is 0 Å². The summed E-state index contributed by atoms with van der Waals surface area (Å²) in [5, 5.41) is -6.88. The molecule has 0 N–H and O–H groups in total. The molecule has 0 aromatic rings. The van der Waals surface area contributed by atoms with Gasteiger partial charge in [-0.2, -0.15) is 35.1 Å². The van der Waals surface area contributed by atoms with Crippen molar-refractivity contribution in [1.82, 2.24) is 0 Å². The summed E-state index contributed by atoms with van der Waals surface area (Å²) in [6.45, 7) is 1.76. The van der Waals surface area contributed by atoms with Crippen molar-refractivity contribution in [2.24, 2.45) is 0 Å². The molecular weight excluding hydrogens is 403 g/mol. The number of hydrogen-bond donors (Lipinski definition) is 0. The van der Waals surface area contributed by atoms with Gasteiger partial charge in [-0.15, -0.1) is 0 Å². The Labute approximate surface area is 176 Å². The van der Waals surface area contributed by atoms with Gasteiger partial charge in [0.1, 0.15) is 0 Å². The molecule has 0 aromatic heterocycles. The first kappa shape index (κ1) is 27.2. The van der Waals surface area contributed by atoms with Gasteiger partial charge in [0.05, 0.1) is 0 Å². The van der Waals surface area contributed by atoms with Crippen LogP contribution in [0.15, 0.2) is 0 Å². The predicted molar refractivity (Wildman–Crippen MR) is 62.9 cm³/mol. The minimum absolute atomic E-state index is 0. The molecule has 0 aliphatic rings. The smallest absolute Gasteiger partial charge is 0.743 e. The first-order valence-corrected chi connectivity index (χ1v) is 7.93. The van der Waals surface area contributed by atoms with E-state index in [0.29, 0.717) is 19.3 Å². The van der Waals surface area contributed by atoms with E-state index in [1.165, 1.54) is 0 Å². The minimum Gasteiger partial charge on any atom is -0.743 e. The molecule has 0 rings (SSSR count). The van der Waals surface area contributed by atoms with Crippen molar-refractivity contribution in [3.8, 4) is 0 Å². The van der Waals surface area contributed by atoms with Crippen LogP contribution < -0.4 is 51.4 Å². The second-order valence-electron chi connectivity index (χ2n) is 4.99. The SMILES string of the molecule is CCCCCCCC(F)(F)C(F)(F)C(F)(F)C(F)(F)S(=O)(=O)[O-].[K+]. The second kappa shape index (κ2) is 9.26. The largest absolute Gasteiger partial charge is 1.00 e. The Morgan fingerprint density at radius 3 is 1.58 bits per heavy atom. The molecule has 0 heterocycles. The van der Waals surface area contributed by atoms with Gasteiger partial charge in [-0.1, -0.05) is 32.6 Å². The van der Waals surface area contributed by atoms with Crippen LogP contribution >= 0.6 is 0 Å². The third-order valence-corrected chi connectivity index (χ3v) is 4.01. The zero-order valence-electron chi connectivity index (χ0n) is 12.9. The van der Waals surface area contributed by atoms with E-state index >= 15 is 0 Å². The molecule has 0 spiro atoms. The molecule has 3 nitrogen and oxygen atoms in total. The average Bonchev–Trinajstić information content (AvgIpc) is 2.36. The van der Waals surface area contributed by atoms with E-state index in [9.17, 15) is 48.1 Å². The van der Waals surface area contributed by atoms with Crippen LogP contribution in [0.25, 0.3) is 0 Å². The van der Waals surface area contributed by atoms with Gasteiger partial charge in [0.25, 0.3) is 0 Å². The molecule has 0 bridgehead atoms. The van der Waals surface area contributed by atoms with Gasteiger partial charge in [-0.25, -0.2) is 8.42 Å². The van der Waals surface area contributed by atoms with Crippen LogP contribution in [-0.2, 0) is 10.1 Å². The van der Waals surface area contributed by atoms with Crippen LogP contribution in [-0.4, -0.2) is 36.0 Å². The molecule has 0 radical (unpaired) electrons. The Kier molecular flexibility index (Phi) is 10.5. The molecule has 0 aliphatic heterocycles. The van der Waals surface area contributed by atoms with E-state index in [-0.39, 0.29) is 57.8 Å². The summed E-state index contributed by atoms with van der Waals surface area (Å²) in [6, 6.07) is 0. The third-order valence-electron chi connectivity index (χ3n) is 3.13. The Hall–Kier alpha value is 0.986. The maximum Gasteiger partial charge on any atom is 1.00 e. The first-order valence-electron chi connectivity index (χ1n) is 6.53. The molecule has 0 atom stereocenters. The second-order valence-corrected chi connectivity index (χ2v) is 6.41. The Morgan fingerprint density at radius 1 is 0.792 bits per heavy atom. The van der Waals surface area contributed by atoms with E-state index in [4.69, 9.17) is 0 Å². The summed E-state index contributed by atoms with van der Waals surface area (Å²) >= 11 is 0. The van der Waals surface area contributed by atoms with E-state index in [1.807, 2.05) is 0 Å². The van der Waals surface area contributed by atoms with E-state index < -0.39 is 46.0 Å². The van der Waals surface area contributed by atoms with Gasteiger partial charge in [0.15, 0.2) is 10.1 Å². The van der Waals surface area contributed by atoms with Crippen molar-refractivity contribution < 1.29 is 99.5 Å². The maximum atomic E-state index is 13.3. The molecule has 0 saturated carbocycles. The van der Waals surface area contributed by atoms with Crippen molar-refractivity contribution in [3.63, 3.8) is 0 Å². The minimum atomic E-state index is -7.28. The van der Waals surface area contributed by atoms with Crippen molar-refractivity contribution in [3.05, 3.63) is 0 Å². The average molecular weight is 418 g/mol. The zero-order valence-corrected chi connectivity index (χ0v) is 16.8. The maximum absolute atomic E-state index is 13.3. The molecule has 0 aromatic carbocycles. The van der Waals surface area contributed by atoms with Crippen LogP contribution in [0, 0.1) is 0 Å². The molecule has 0 aliphatic carbocycles. The summed E-state index contributed by atoms with van der Waals surface area (Å²) in [6.07, 6.45) is -0.938. The van der Waals surface area contributed by atoms with Gasteiger partial charge >= 0.3 is 74.4 Å². The van der Waals surface area contributed by atoms with Crippen LogP contribution in [0.2, 0.25) is 0 Å². The summed E-state index contributed by atoms with van der Waals surface area (Å²) < 4.78 is 135. The van der Waals surface area contributed by atoms with Crippen molar-refractivity contribution in [1.29, 1.82) is 0 Å². The number of halogens is 8. The fraction of sp³-hybridized carbons (Fsp3) is 1.00. The molecule has 0 fully saturated rings. The van der Waals surface area contributed by atoms with Crippen molar-refractivity contribution in [2.45, 2.75) is 68.5 Å². The molecule has 13 heteroatoms. The first-order chi connectivity index (χ1) is 10.1. The fourth-order valence-electron chi connectivity index (χ4n) is 1.68. The molecule has 140 valence electrons. The van der Waals surface area contributed by atoms with Crippen LogP contribution in [0.4, 0.5) is 35.1 Å². The molecule has 0 unspecified atom stereocenters. The Bertz CT molecular complexity index is 495. The summed E-state index contributed by atoms with van der Waals surface area (Å²) in [7, 11) is -7.28. The van der Waals surface area contributed by atoms with Gasteiger partial charge < -0.3 is 4.55 Å². The van der Waals surface area contributed by atoms with Gasteiger partial charge in [-0.3, -0.25) is 0 Å². The van der Waals surface area contributed by atoms with Gasteiger partial charge in [-0.05, 0) is 6.42 Å². The van der Waals surface area contributed by atoms with E-state index in [2.05, 4.69) is 0 Å². The number of rotatable bonds is 10.